The van der Waals surface area contributed by atoms with Gasteiger partial charge in [0.05, 0.1) is 16.8 Å². The lowest BCUT2D eigenvalue weighted by atomic mass is 9.72. The topological polar surface area (TPSA) is 105 Å². The number of nitrogens with one attached hydrogen (secondary N) is 2. The molecule has 1 heterocycles. The summed E-state index contributed by atoms with van der Waals surface area (Å²) in [5.74, 6) is -0.601. The molecule has 1 spiro atoms. The Morgan fingerprint density at radius 3 is 2.31 bits per heavy atom. The minimum absolute atomic E-state index is 0.0982. The number of sulfonamides is 1. The van der Waals surface area contributed by atoms with Crippen LogP contribution < -0.4 is 10.0 Å². The van der Waals surface area contributed by atoms with Gasteiger partial charge in [-0.05, 0) is 66.0 Å². The van der Waals surface area contributed by atoms with Gasteiger partial charge < -0.3 is 15.2 Å². The molecule has 1 saturated carbocycles. The SMILES string of the molecule is CCCCCCC[C@@H](CC)C(=O)O[C@]1(NS(=O)(=O)C(C)(C)C)C[C@@H](O)CC12CCNCC2. The fourth-order valence-electron chi connectivity index (χ4n) is 5.18. The Hall–Kier alpha value is -0.700. The Morgan fingerprint density at radius 1 is 1.12 bits per heavy atom. The number of hydrogen-bond acceptors (Lipinski definition) is 6. The number of aliphatic hydroxyl groups excluding tert-OH is 1. The molecular weight excluding hydrogens is 428 g/mol. The van der Waals surface area contributed by atoms with Crippen molar-refractivity contribution in [2.24, 2.45) is 11.3 Å². The van der Waals surface area contributed by atoms with Crippen LogP contribution in [0.3, 0.4) is 0 Å². The fraction of sp³-hybridized carbons (Fsp3) is 0.958. The number of rotatable bonds is 11. The summed E-state index contributed by atoms with van der Waals surface area (Å²) < 4.78 is 34.5. The van der Waals surface area contributed by atoms with Crippen molar-refractivity contribution in [3.05, 3.63) is 0 Å². The van der Waals surface area contributed by atoms with Gasteiger partial charge >= 0.3 is 5.97 Å². The number of ether oxygens (including phenoxy) is 1. The molecule has 0 amide bonds. The zero-order valence-corrected chi connectivity index (χ0v) is 21.7. The second-order valence-corrected chi connectivity index (χ2v) is 13.3. The van der Waals surface area contributed by atoms with E-state index in [0.717, 1.165) is 19.3 Å². The van der Waals surface area contributed by atoms with Crippen LogP contribution in [0.25, 0.3) is 0 Å². The first-order valence-electron chi connectivity index (χ1n) is 12.6. The number of hydrogen-bond donors (Lipinski definition) is 3. The predicted molar refractivity (Wildman–Crippen MR) is 128 cm³/mol. The molecule has 2 aliphatic rings. The Balaban J connectivity index is 2.29. The molecule has 0 bridgehead atoms. The lowest BCUT2D eigenvalue weighted by Gasteiger charge is -2.48. The van der Waals surface area contributed by atoms with Crippen LogP contribution in [-0.4, -0.2) is 49.2 Å². The highest BCUT2D eigenvalue weighted by Gasteiger charge is 2.63. The normalized spacial score (nSPS) is 26.9. The van der Waals surface area contributed by atoms with Crippen molar-refractivity contribution in [1.29, 1.82) is 0 Å². The molecule has 0 radical (unpaired) electrons. The van der Waals surface area contributed by atoms with Crippen LogP contribution in [0.2, 0.25) is 0 Å². The Bertz CT molecular complexity index is 712. The van der Waals surface area contributed by atoms with E-state index in [2.05, 4.69) is 17.0 Å². The van der Waals surface area contributed by atoms with Gasteiger partial charge in [-0.1, -0.05) is 46.0 Å². The van der Waals surface area contributed by atoms with Crippen molar-refractivity contribution in [3.63, 3.8) is 0 Å². The molecule has 0 unspecified atom stereocenters. The largest absolute Gasteiger partial charge is 0.442 e. The van der Waals surface area contributed by atoms with E-state index in [0.29, 0.717) is 38.8 Å². The molecule has 7 nitrogen and oxygen atoms in total. The molecule has 0 aromatic heterocycles. The Kier molecular flexibility index (Phi) is 9.60. The third kappa shape index (κ3) is 6.24. The number of aliphatic hydroxyl groups is 1. The van der Waals surface area contributed by atoms with E-state index in [4.69, 9.17) is 4.74 Å². The average molecular weight is 475 g/mol. The van der Waals surface area contributed by atoms with Gasteiger partial charge in [0.1, 0.15) is 0 Å². The summed E-state index contributed by atoms with van der Waals surface area (Å²) in [6, 6.07) is 0. The number of unbranched alkanes of at least 4 members (excludes halogenated alkanes) is 4. The lowest BCUT2D eigenvalue weighted by molar-refractivity contribution is -0.184. The standard InChI is InChI=1S/C24H46N2O5S/c1-6-8-9-10-11-12-19(7-2)21(28)31-24(26-32(29,30)22(3,4)5)18-20(27)17-23(24)13-15-25-16-14-23/h19-20,25-27H,6-18H2,1-5H3/t19-,20+,24-/m1/s1. The third-order valence-electron chi connectivity index (χ3n) is 7.43. The van der Waals surface area contributed by atoms with Crippen molar-refractivity contribution < 1.29 is 23.1 Å². The summed E-state index contributed by atoms with van der Waals surface area (Å²) in [5.41, 5.74) is -2.02. The van der Waals surface area contributed by atoms with Crippen LogP contribution in [-0.2, 0) is 19.6 Å². The Morgan fingerprint density at radius 2 is 1.75 bits per heavy atom. The molecule has 32 heavy (non-hydrogen) atoms. The van der Waals surface area contributed by atoms with Crippen molar-refractivity contribution in [2.45, 2.75) is 122 Å². The number of carbonyl (C=O) groups is 1. The van der Waals surface area contributed by atoms with Gasteiger partial charge in [-0.2, -0.15) is 4.72 Å². The smallest absolute Gasteiger partial charge is 0.310 e. The van der Waals surface area contributed by atoms with Crippen molar-refractivity contribution >= 4 is 16.0 Å². The average Bonchev–Trinajstić information content (AvgIpc) is 2.93. The molecule has 3 N–H and O–H groups in total. The zero-order chi connectivity index (χ0) is 24.0. The number of carbonyl (C=O) groups excluding carboxylic acids is 1. The molecule has 0 aromatic carbocycles. The predicted octanol–water partition coefficient (Wildman–Crippen LogP) is 3.86. The van der Waals surface area contributed by atoms with E-state index in [-0.39, 0.29) is 18.3 Å². The summed E-state index contributed by atoms with van der Waals surface area (Å²) in [4.78, 5) is 13.4. The minimum Gasteiger partial charge on any atom is -0.442 e. The quantitative estimate of drug-likeness (QED) is 0.239. The van der Waals surface area contributed by atoms with E-state index in [1.165, 1.54) is 19.3 Å². The van der Waals surface area contributed by atoms with Crippen LogP contribution in [0.4, 0.5) is 0 Å². The molecule has 1 aliphatic carbocycles. The van der Waals surface area contributed by atoms with Crippen molar-refractivity contribution in [2.75, 3.05) is 13.1 Å². The van der Waals surface area contributed by atoms with Gasteiger partial charge in [-0.25, -0.2) is 8.42 Å². The van der Waals surface area contributed by atoms with Crippen LogP contribution in [0.15, 0.2) is 0 Å². The highest BCUT2D eigenvalue weighted by molar-refractivity contribution is 7.90. The summed E-state index contributed by atoms with van der Waals surface area (Å²) in [6.07, 6.45) is 8.13. The molecule has 2 rings (SSSR count). The number of esters is 1. The molecule has 1 saturated heterocycles. The van der Waals surface area contributed by atoms with Gasteiger partial charge in [-0.3, -0.25) is 4.79 Å². The molecule has 3 atom stereocenters. The van der Waals surface area contributed by atoms with Crippen molar-refractivity contribution in [1.82, 2.24) is 10.0 Å². The van der Waals surface area contributed by atoms with E-state index < -0.39 is 32.0 Å². The fourth-order valence-corrected chi connectivity index (χ4v) is 6.26. The van der Waals surface area contributed by atoms with E-state index in [9.17, 15) is 18.3 Å². The first-order chi connectivity index (χ1) is 14.9. The summed E-state index contributed by atoms with van der Waals surface area (Å²) >= 11 is 0. The number of piperidine rings is 1. The maximum atomic E-state index is 13.4. The van der Waals surface area contributed by atoms with Gasteiger partial charge in [0.15, 0.2) is 5.72 Å². The highest BCUT2D eigenvalue weighted by Crippen LogP contribution is 2.54. The zero-order valence-electron chi connectivity index (χ0n) is 20.8. The first-order valence-corrected chi connectivity index (χ1v) is 14.1. The maximum Gasteiger partial charge on any atom is 0.310 e. The molecular formula is C24H46N2O5S. The summed E-state index contributed by atoms with van der Waals surface area (Å²) in [5, 5.41) is 14.0. The second kappa shape index (κ2) is 11.2. The molecule has 0 aromatic rings. The van der Waals surface area contributed by atoms with Gasteiger partial charge in [-0.15, -0.1) is 0 Å². The van der Waals surface area contributed by atoms with Gasteiger partial charge in [0, 0.05) is 11.8 Å². The monoisotopic (exact) mass is 474 g/mol. The van der Waals surface area contributed by atoms with E-state index in [1.807, 2.05) is 6.92 Å². The molecule has 8 heteroatoms. The summed E-state index contributed by atoms with van der Waals surface area (Å²) in [6.45, 7) is 10.5. The molecule has 2 fully saturated rings. The third-order valence-corrected chi connectivity index (χ3v) is 9.64. The highest BCUT2D eigenvalue weighted by atomic mass is 32.2. The Labute approximate surface area is 195 Å². The minimum atomic E-state index is -3.80. The lowest BCUT2D eigenvalue weighted by Crippen LogP contribution is -2.64. The van der Waals surface area contributed by atoms with Crippen LogP contribution in [0.5, 0.6) is 0 Å². The van der Waals surface area contributed by atoms with Gasteiger partial charge in [0.25, 0.3) is 0 Å². The van der Waals surface area contributed by atoms with Crippen LogP contribution in [0.1, 0.15) is 105 Å². The summed E-state index contributed by atoms with van der Waals surface area (Å²) in [7, 11) is -3.80. The molecule has 1 aliphatic heterocycles. The maximum absolute atomic E-state index is 13.4. The van der Waals surface area contributed by atoms with Crippen LogP contribution >= 0.6 is 0 Å². The van der Waals surface area contributed by atoms with Crippen LogP contribution in [0, 0.1) is 11.3 Å². The molecule has 188 valence electrons. The second-order valence-electron chi connectivity index (χ2n) is 10.9. The first kappa shape index (κ1) is 27.5. The van der Waals surface area contributed by atoms with Gasteiger partial charge in [0.2, 0.25) is 10.0 Å². The van der Waals surface area contributed by atoms with E-state index >= 15 is 0 Å². The van der Waals surface area contributed by atoms with E-state index in [1.54, 1.807) is 20.8 Å². The van der Waals surface area contributed by atoms with Crippen molar-refractivity contribution in [3.8, 4) is 0 Å².